The zero-order chi connectivity index (χ0) is 20.2. The van der Waals surface area contributed by atoms with E-state index in [-0.39, 0.29) is 12.1 Å². The fraction of sp³-hybridized carbons (Fsp3) is 0.958. The van der Waals surface area contributed by atoms with Crippen molar-refractivity contribution >= 4 is 17.6 Å². The Morgan fingerprint density at radius 1 is 0.630 bits per heavy atom. The second-order valence-electron chi connectivity index (χ2n) is 8.14. The second-order valence-corrected chi connectivity index (χ2v) is 8.66. The van der Waals surface area contributed by atoms with Gasteiger partial charge in [0.05, 0.1) is 0 Å². The molecule has 0 radical (unpaired) electrons. The SMILES string of the molecule is CCCCCCCCCCCCCCC(CCCC)OC(=O)C(Cl)CCC. The zero-order valence-corrected chi connectivity index (χ0v) is 19.3. The maximum absolute atomic E-state index is 12.1. The van der Waals surface area contributed by atoms with Gasteiger partial charge in [0.1, 0.15) is 11.5 Å². The molecule has 27 heavy (non-hydrogen) atoms. The number of alkyl halides is 1. The molecule has 0 amide bonds. The van der Waals surface area contributed by atoms with E-state index in [2.05, 4.69) is 13.8 Å². The largest absolute Gasteiger partial charge is 0.461 e. The molecular formula is C24H47ClO2. The summed E-state index contributed by atoms with van der Waals surface area (Å²) >= 11 is 6.11. The molecule has 0 saturated heterocycles. The van der Waals surface area contributed by atoms with Gasteiger partial charge in [0.2, 0.25) is 0 Å². The fourth-order valence-electron chi connectivity index (χ4n) is 3.52. The summed E-state index contributed by atoms with van der Waals surface area (Å²) in [6.45, 7) is 6.50. The molecule has 0 aromatic rings. The van der Waals surface area contributed by atoms with E-state index >= 15 is 0 Å². The van der Waals surface area contributed by atoms with Crippen molar-refractivity contribution in [2.75, 3.05) is 0 Å². The van der Waals surface area contributed by atoms with Crippen molar-refractivity contribution in [3.63, 3.8) is 0 Å². The Morgan fingerprint density at radius 3 is 1.56 bits per heavy atom. The lowest BCUT2D eigenvalue weighted by Crippen LogP contribution is -2.25. The molecule has 0 N–H and O–H groups in total. The van der Waals surface area contributed by atoms with Crippen LogP contribution in [-0.2, 0) is 9.53 Å². The van der Waals surface area contributed by atoms with E-state index in [1.807, 2.05) is 6.92 Å². The van der Waals surface area contributed by atoms with Gasteiger partial charge in [-0.25, -0.2) is 0 Å². The summed E-state index contributed by atoms with van der Waals surface area (Å²) < 4.78 is 5.70. The molecule has 0 heterocycles. The molecule has 2 atom stereocenters. The number of ether oxygens (including phenoxy) is 1. The average Bonchev–Trinajstić information content (AvgIpc) is 2.66. The molecule has 2 unspecified atom stereocenters. The quantitative estimate of drug-likeness (QED) is 0.116. The van der Waals surface area contributed by atoms with Crippen molar-refractivity contribution in [1.82, 2.24) is 0 Å². The highest BCUT2D eigenvalue weighted by Crippen LogP contribution is 2.18. The van der Waals surface area contributed by atoms with Crippen molar-refractivity contribution in [2.24, 2.45) is 0 Å². The molecule has 2 nitrogen and oxygen atoms in total. The van der Waals surface area contributed by atoms with Crippen LogP contribution in [0, 0.1) is 0 Å². The first-order chi connectivity index (χ1) is 13.2. The Labute approximate surface area is 175 Å². The van der Waals surface area contributed by atoms with E-state index in [4.69, 9.17) is 16.3 Å². The zero-order valence-electron chi connectivity index (χ0n) is 18.6. The minimum absolute atomic E-state index is 0.0682. The van der Waals surface area contributed by atoms with Gasteiger partial charge in [0, 0.05) is 0 Å². The van der Waals surface area contributed by atoms with E-state index in [0.29, 0.717) is 6.42 Å². The van der Waals surface area contributed by atoms with E-state index < -0.39 is 5.38 Å². The maximum atomic E-state index is 12.1. The van der Waals surface area contributed by atoms with Gasteiger partial charge in [-0.2, -0.15) is 0 Å². The number of halogens is 1. The molecule has 0 aromatic carbocycles. The average molecular weight is 403 g/mol. The summed E-state index contributed by atoms with van der Waals surface area (Å²) in [5.41, 5.74) is 0. The van der Waals surface area contributed by atoms with Gasteiger partial charge >= 0.3 is 5.97 Å². The predicted molar refractivity (Wildman–Crippen MR) is 120 cm³/mol. The van der Waals surface area contributed by atoms with Crippen molar-refractivity contribution in [2.45, 2.75) is 148 Å². The van der Waals surface area contributed by atoms with Crippen molar-refractivity contribution in [3.8, 4) is 0 Å². The van der Waals surface area contributed by atoms with Gasteiger partial charge in [-0.1, -0.05) is 111 Å². The Hall–Kier alpha value is -0.240. The number of carbonyl (C=O) groups excluding carboxylic acids is 1. The van der Waals surface area contributed by atoms with Crippen molar-refractivity contribution in [3.05, 3.63) is 0 Å². The molecule has 0 aromatic heterocycles. The third-order valence-corrected chi connectivity index (χ3v) is 5.74. The molecule has 0 bridgehead atoms. The third kappa shape index (κ3) is 17.6. The van der Waals surface area contributed by atoms with Crippen LogP contribution < -0.4 is 0 Å². The number of carbonyl (C=O) groups is 1. The van der Waals surface area contributed by atoms with Crippen LogP contribution in [0.5, 0.6) is 0 Å². The Morgan fingerprint density at radius 2 is 1.07 bits per heavy atom. The highest BCUT2D eigenvalue weighted by molar-refractivity contribution is 6.29. The van der Waals surface area contributed by atoms with Gasteiger partial charge in [-0.05, 0) is 25.7 Å². The summed E-state index contributed by atoms with van der Waals surface area (Å²) in [7, 11) is 0. The van der Waals surface area contributed by atoms with Crippen LogP contribution in [-0.4, -0.2) is 17.5 Å². The molecule has 162 valence electrons. The fourth-order valence-corrected chi connectivity index (χ4v) is 3.79. The molecule has 0 fully saturated rings. The van der Waals surface area contributed by atoms with Crippen LogP contribution in [0.15, 0.2) is 0 Å². The van der Waals surface area contributed by atoms with E-state index in [0.717, 1.165) is 32.1 Å². The smallest absolute Gasteiger partial charge is 0.324 e. The van der Waals surface area contributed by atoms with Crippen molar-refractivity contribution in [1.29, 1.82) is 0 Å². The highest BCUT2D eigenvalue weighted by Gasteiger charge is 2.20. The van der Waals surface area contributed by atoms with Crippen molar-refractivity contribution < 1.29 is 9.53 Å². The lowest BCUT2D eigenvalue weighted by molar-refractivity contribution is -0.149. The topological polar surface area (TPSA) is 26.3 Å². The Kier molecular flexibility index (Phi) is 20.3. The second kappa shape index (κ2) is 20.5. The summed E-state index contributed by atoms with van der Waals surface area (Å²) in [5, 5.41) is -0.471. The maximum Gasteiger partial charge on any atom is 0.324 e. The molecule has 0 aliphatic carbocycles. The van der Waals surface area contributed by atoms with Crippen LogP contribution in [0.3, 0.4) is 0 Å². The summed E-state index contributed by atoms with van der Waals surface area (Å²) in [5.74, 6) is -0.210. The Balaban J connectivity index is 3.71. The number of hydrogen-bond donors (Lipinski definition) is 0. The van der Waals surface area contributed by atoms with Gasteiger partial charge < -0.3 is 4.74 Å². The van der Waals surface area contributed by atoms with Gasteiger partial charge in [0.15, 0.2) is 0 Å². The van der Waals surface area contributed by atoms with E-state index in [1.54, 1.807) is 0 Å². The molecule has 3 heteroatoms. The molecule has 0 aliphatic heterocycles. The highest BCUT2D eigenvalue weighted by atomic mass is 35.5. The standard InChI is InChI=1S/C24H47ClO2/c1-4-7-9-10-11-12-13-14-15-16-17-18-21-22(20-8-5-2)27-24(26)23(25)19-6-3/h22-23H,4-21H2,1-3H3. The summed E-state index contributed by atoms with van der Waals surface area (Å²) in [6, 6.07) is 0. The minimum atomic E-state index is -0.471. The number of esters is 1. The normalized spacial score (nSPS) is 13.5. The van der Waals surface area contributed by atoms with E-state index in [1.165, 1.54) is 77.0 Å². The molecule has 0 spiro atoms. The monoisotopic (exact) mass is 402 g/mol. The predicted octanol–water partition coefficient (Wildman–Crippen LogP) is 8.59. The van der Waals surface area contributed by atoms with Crippen LogP contribution in [0.25, 0.3) is 0 Å². The lowest BCUT2D eigenvalue weighted by atomic mass is 10.0. The van der Waals surface area contributed by atoms with Gasteiger partial charge in [-0.15, -0.1) is 11.6 Å². The van der Waals surface area contributed by atoms with Crippen LogP contribution in [0.2, 0.25) is 0 Å². The lowest BCUT2D eigenvalue weighted by Gasteiger charge is -2.19. The van der Waals surface area contributed by atoms with Crippen LogP contribution in [0.4, 0.5) is 0 Å². The number of rotatable bonds is 20. The minimum Gasteiger partial charge on any atom is -0.461 e. The van der Waals surface area contributed by atoms with Gasteiger partial charge in [-0.3, -0.25) is 4.79 Å². The first-order valence-corrected chi connectivity index (χ1v) is 12.4. The molecule has 0 rings (SSSR count). The Bertz CT molecular complexity index is 320. The first kappa shape index (κ1) is 26.8. The molecule has 0 aliphatic rings. The van der Waals surface area contributed by atoms with Crippen LogP contribution >= 0.6 is 11.6 Å². The number of hydrogen-bond acceptors (Lipinski definition) is 2. The van der Waals surface area contributed by atoms with E-state index in [9.17, 15) is 4.79 Å². The molecular weight excluding hydrogens is 356 g/mol. The summed E-state index contributed by atoms with van der Waals surface area (Å²) in [6.07, 6.45) is 22.2. The summed E-state index contributed by atoms with van der Waals surface area (Å²) in [4.78, 5) is 12.1. The van der Waals surface area contributed by atoms with Crippen LogP contribution in [0.1, 0.15) is 136 Å². The third-order valence-electron chi connectivity index (χ3n) is 5.34. The first-order valence-electron chi connectivity index (χ1n) is 12.0. The molecule has 0 saturated carbocycles. The number of unbranched alkanes of at least 4 members (excludes halogenated alkanes) is 12. The van der Waals surface area contributed by atoms with Gasteiger partial charge in [0.25, 0.3) is 0 Å².